The summed E-state index contributed by atoms with van der Waals surface area (Å²) in [7, 11) is 0. The second-order valence-corrected chi connectivity index (χ2v) is 32.8. The summed E-state index contributed by atoms with van der Waals surface area (Å²) in [5.74, 6) is 3.82. The maximum atomic E-state index is 6.47. The molecule has 0 N–H and O–H groups in total. The predicted molar refractivity (Wildman–Crippen MR) is 503 cm³/mol. The van der Waals surface area contributed by atoms with E-state index < -0.39 is 0 Å². The summed E-state index contributed by atoms with van der Waals surface area (Å²) in [6.45, 7) is 2.43. The maximum Gasteiger partial charge on any atom is 0.135 e. The summed E-state index contributed by atoms with van der Waals surface area (Å²) in [5.41, 5.74) is 21.5. The quantitative estimate of drug-likeness (QED) is 0.109. The van der Waals surface area contributed by atoms with Crippen LogP contribution in [-0.4, -0.2) is 9.13 Å². The molecule has 7 nitrogen and oxygen atoms in total. The minimum Gasteiger partial charge on any atom is -0.456 e. The van der Waals surface area contributed by atoms with Crippen LogP contribution in [-0.2, 0) is 6.42 Å². The maximum absolute atomic E-state index is 6.47. The molecule has 568 valence electrons. The van der Waals surface area contributed by atoms with Crippen LogP contribution in [0.4, 0.5) is 17.1 Å². The zero-order valence-corrected chi connectivity index (χ0v) is 65.9. The molecule has 7 heteroatoms. The molecule has 25 aromatic rings. The van der Waals surface area contributed by atoms with Gasteiger partial charge in [0.15, 0.2) is 0 Å². The fraction of sp³-hybridized carbons (Fsp3) is 0.0351. The first kappa shape index (κ1) is 68.5. The Morgan fingerprint density at radius 2 is 0.595 bits per heavy atom. The molecule has 2 unspecified atom stereocenters. The van der Waals surface area contributed by atoms with Crippen LogP contribution in [0.5, 0.6) is 0 Å². The van der Waals surface area contributed by atoms with Crippen LogP contribution < -0.4 is 4.90 Å². The van der Waals surface area contributed by atoms with Gasteiger partial charge in [-0.1, -0.05) is 262 Å². The summed E-state index contributed by atoms with van der Waals surface area (Å²) in [6, 6.07) is 147. The predicted octanol–water partition coefficient (Wildman–Crippen LogP) is 31.9. The van der Waals surface area contributed by atoms with Gasteiger partial charge in [0.1, 0.15) is 45.4 Å². The van der Waals surface area contributed by atoms with Crippen molar-refractivity contribution in [2.24, 2.45) is 5.92 Å². The van der Waals surface area contributed by atoms with Crippen molar-refractivity contribution in [2.75, 3.05) is 4.90 Å². The molecule has 2 atom stereocenters. The molecule has 0 fully saturated rings. The Morgan fingerprint density at radius 3 is 1.07 bits per heavy atom. The molecule has 0 spiro atoms. The van der Waals surface area contributed by atoms with Crippen LogP contribution in [0.15, 0.2) is 418 Å². The third-order valence-electron chi connectivity index (χ3n) is 25.5. The zero-order valence-electron chi connectivity index (χ0n) is 65.9. The van der Waals surface area contributed by atoms with Gasteiger partial charge in [-0.3, -0.25) is 0 Å². The molecular formula is C114H73N3O4. The number of hydrogen-bond donors (Lipinski definition) is 0. The van der Waals surface area contributed by atoms with Crippen LogP contribution in [0, 0.1) is 5.92 Å². The normalized spacial score (nSPS) is 12.6. The molecule has 0 saturated heterocycles. The highest BCUT2D eigenvalue weighted by Crippen LogP contribution is 2.48. The van der Waals surface area contributed by atoms with E-state index in [9.17, 15) is 0 Å². The Labute approximate surface area is 695 Å². The first-order valence-electron chi connectivity index (χ1n) is 41.7. The van der Waals surface area contributed by atoms with E-state index in [1.807, 2.05) is 48.5 Å². The van der Waals surface area contributed by atoms with E-state index in [1.54, 1.807) is 0 Å². The number of fused-ring (bicyclic) bond motifs is 18. The van der Waals surface area contributed by atoms with E-state index in [2.05, 4.69) is 373 Å². The van der Waals surface area contributed by atoms with Crippen LogP contribution >= 0.6 is 0 Å². The molecule has 0 aliphatic carbocycles. The minimum atomic E-state index is 0.139. The summed E-state index contributed by atoms with van der Waals surface area (Å²) >= 11 is 0. The molecule has 121 heavy (non-hydrogen) atoms. The van der Waals surface area contributed by atoms with E-state index in [0.717, 1.165) is 194 Å². The Hall–Kier alpha value is -15.7. The highest BCUT2D eigenvalue weighted by molar-refractivity contribution is 6.26. The summed E-state index contributed by atoms with van der Waals surface area (Å²) < 4.78 is 30.8. The average Bonchev–Trinajstić information content (AvgIpc) is 1.54. The third-order valence-corrected chi connectivity index (χ3v) is 25.5. The highest BCUT2D eigenvalue weighted by atomic mass is 16.3. The van der Waals surface area contributed by atoms with Crippen molar-refractivity contribution in [3.63, 3.8) is 0 Å². The Bertz CT molecular complexity index is 8430. The minimum absolute atomic E-state index is 0.139. The monoisotopic (exact) mass is 1550 g/mol. The van der Waals surface area contributed by atoms with Gasteiger partial charge in [-0.25, -0.2) is 0 Å². The van der Waals surface area contributed by atoms with Crippen molar-refractivity contribution in [2.45, 2.75) is 19.3 Å². The second kappa shape index (κ2) is 27.2. The van der Waals surface area contributed by atoms with Gasteiger partial charge < -0.3 is 31.7 Å². The molecule has 6 heterocycles. The van der Waals surface area contributed by atoms with Gasteiger partial charge in [-0.05, 0) is 228 Å². The lowest BCUT2D eigenvalue weighted by Crippen LogP contribution is -2.14. The van der Waals surface area contributed by atoms with E-state index in [1.165, 1.54) is 54.5 Å². The fourth-order valence-corrected chi connectivity index (χ4v) is 19.7. The molecule has 0 radical (unpaired) electrons. The van der Waals surface area contributed by atoms with Crippen molar-refractivity contribution >= 4 is 169 Å². The van der Waals surface area contributed by atoms with Gasteiger partial charge in [-0.2, -0.15) is 0 Å². The average molecular weight is 1550 g/mol. The fourth-order valence-electron chi connectivity index (χ4n) is 19.7. The van der Waals surface area contributed by atoms with Gasteiger partial charge in [0.2, 0.25) is 0 Å². The van der Waals surface area contributed by atoms with Crippen LogP contribution in [0.2, 0.25) is 0 Å². The molecular weight excluding hydrogens is 1480 g/mol. The van der Waals surface area contributed by atoms with Crippen molar-refractivity contribution < 1.29 is 17.7 Å². The summed E-state index contributed by atoms with van der Waals surface area (Å²) in [5, 5.41) is 22.9. The standard InChI is InChI=1S/C114H73N3O4/c1-69(112(71-16-4-2-5-17-71)90-38-33-72-54-86(34-29-73(72)58-90)108-63-82-18-8-12-24-104(82)118-108)52-70-28-48-96-80(53-70)42-49-98-100-67-103-101(68-102(100)116(113(96)98)94-45-40-75-56-88(36-31-78(75)60-94)110-65-84-20-10-14-26-106(84)120-110)99-50-43-81-62-93(47-51-97(81)114(99)117(103)95-46-41-76-57-89(37-32-79(76)61-95)111-66-85-21-11-15-27-107(85)121-111)115(91-22-6-3-7-23-91)92-44-39-74-55-87(35-30-77(74)59-92)109-64-83-19-9-13-25-105(83)119-109/h2-51,53-69,112H,52H2,1H3. The molecule has 0 aliphatic heterocycles. The third kappa shape index (κ3) is 11.5. The lowest BCUT2D eigenvalue weighted by molar-refractivity contribution is 0.510. The van der Waals surface area contributed by atoms with E-state index in [4.69, 9.17) is 17.7 Å². The summed E-state index contributed by atoms with van der Waals surface area (Å²) in [4.78, 5) is 2.39. The van der Waals surface area contributed by atoms with Gasteiger partial charge in [0, 0.05) is 110 Å². The number of benzene rings is 19. The van der Waals surface area contributed by atoms with E-state index in [0.29, 0.717) is 0 Å². The molecule has 6 aromatic heterocycles. The number of para-hydroxylation sites is 5. The summed E-state index contributed by atoms with van der Waals surface area (Å²) in [6.07, 6.45) is 0.873. The van der Waals surface area contributed by atoms with Crippen molar-refractivity contribution in [3.05, 3.63) is 417 Å². The second-order valence-electron chi connectivity index (χ2n) is 32.8. The first-order valence-corrected chi connectivity index (χ1v) is 41.7. The van der Waals surface area contributed by atoms with Gasteiger partial charge >= 0.3 is 0 Å². The zero-order chi connectivity index (χ0) is 79.5. The van der Waals surface area contributed by atoms with Crippen LogP contribution in [0.25, 0.3) is 209 Å². The number of hydrogen-bond acceptors (Lipinski definition) is 5. The molecule has 0 amide bonds. The Kier molecular flexibility index (Phi) is 15.4. The van der Waals surface area contributed by atoms with Crippen LogP contribution in [0.3, 0.4) is 0 Å². The highest BCUT2D eigenvalue weighted by Gasteiger charge is 2.27. The molecule has 19 aromatic carbocycles. The first-order chi connectivity index (χ1) is 59.8. The molecule has 25 rings (SSSR count). The van der Waals surface area contributed by atoms with Crippen molar-refractivity contribution in [1.29, 1.82) is 0 Å². The number of aromatic nitrogens is 2. The van der Waals surface area contributed by atoms with Gasteiger partial charge in [-0.15, -0.1) is 0 Å². The topological polar surface area (TPSA) is 65.7 Å². The van der Waals surface area contributed by atoms with E-state index in [-0.39, 0.29) is 11.8 Å². The molecule has 0 saturated carbocycles. The SMILES string of the molecule is CC(Cc1ccc2c(ccc3c4cc5c(cc4n(-c4ccc6cc(-c7cc8ccccc8o7)ccc6c4)c23)c2ccc3cc(N(c4ccccc4)c4ccc6cc(-c7cc8ccccc8o7)ccc6c4)ccc3c2n5-c2ccc3cc(-c4cc5ccccc5o4)ccc3c2)c1)C(c1ccccc1)c1ccc2cc(-c3cc4ccccc4o3)ccc2c1. The lowest BCUT2D eigenvalue weighted by Gasteiger charge is -2.26. The van der Waals surface area contributed by atoms with Crippen molar-refractivity contribution in [1.82, 2.24) is 9.13 Å². The number of anilines is 3. The van der Waals surface area contributed by atoms with Crippen LogP contribution in [0.1, 0.15) is 29.5 Å². The Balaban J connectivity index is 0.652. The van der Waals surface area contributed by atoms with Crippen molar-refractivity contribution in [3.8, 4) is 56.7 Å². The Morgan fingerprint density at radius 1 is 0.240 bits per heavy atom. The van der Waals surface area contributed by atoms with E-state index >= 15 is 0 Å². The molecule has 0 aliphatic rings. The molecule has 0 bridgehead atoms. The van der Waals surface area contributed by atoms with Gasteiger partial charge in [0.25, 0.3) is 0 Å². The number of nitrogens with zero attached hydrogens (tertiary/aromatic N) is 3. The van der Waals surface area contributed by atoms with Gasteiger partial charge in [0.05, 0.1) is 22.1 Å². The lowest BCUT2D eigenvalue weighted by atomic mass is 9.78. The largest absolute Gasteiger partial charge is 0.456 e. The smallest absolute Gasteiger partial charge is 0.135 e. The number of rotatable bonds is 14. The number of furan rings is 4.